The summed E-state index contributed by atoms with van der Waals surface area (Å²) in [6.07, 6.45) is 2.54. The number of amides is 4. The fourth-order valence-electron chi connectivity index (χ4n) is 12.3. The smallest absolute Gasteiger partial charge is 0.342 e. The molecule has 2 aromatic heterocycles. The molecule has 0 saturated heterocycles. The molecule has 20 heteroatoms. The van der Waals surface area contributed by atoms with Gasteiger partial charge in [-0.2, -0.15) is 0 Å². The van der Waals surface area contributed by atoms with E-state index in [-0.39, 0.29) is 157 Å². The molecule has 0 bridgehead atoms. The first-order chi connectivity index (χ1) is 48.6. The summed E-state index contributed by atoms with van der Waals surface area (Å²) in [5.74, 6) is -6.82. The summed E-state index contributed by atoms with van der Waals surface area (Å²) in [5, 5.41) is 1.16. The van der Waals surface area contributed by atoms with Crippen LogP contribution in [0.15, 0.2) is 264 Å². The molecule has 488 valence electrons. The molecular weight excluding hydrogens is 1280 g/mol. The normalized spacial score (nSPS) is 13.1. The number of fused-ring (bicyclic) bond motifs is 2. The third kappa shape index (κ3) is 11.2. The Morgan fingerprint density at radius 1 is 0.320 bits per heavy atom. The highest BCUT2D eigenvalue weighted by Gasteiger charge is 2.49. The van der Waals surface area contributed by atoms with Gasteiger partial charge in [-0.05, 0) is 159 Å². The lowest BCUT2D eigenvalue weighted by Gasteiger charge is -2.34. The van der Waals surface area contributed by atoms with Gasteiger partial charge in [0.05, 0.1) is 34.8 Å². The average Bonchev–Trinajstić information content (AvgIpc) is 0.874. The van der Waals surface area contributed by atoms with Crippen LogP contribution >= 0.6 is 0 Å². The van der Waals surface area contributed by atoms with Gasteiger partial charge in [-0.1, -0.05) is 86.0 Å². The number of ether oxygens (including phenoxy) is 8. The molecule has 100 heavy (non-hydrogen) atoms. The van der Waals surface area contributed by atoms with Crippen LogP contribution in [0, 0.1) is 0 Å². The quantitative estimate of drug-likeness (QED) is 0.0172. The van der Waals surface area contributed by atoms with E-state index in [0.29, 0.717) is 0 Å². The Morgan fingerprint density at radius 2 is 0.580 bits per heavy atom. The molecule has 2 aliphatic rings. The summed E-state index contributed by atoms with van der Waals surface area (Å²) in [4.78, 5) is 121. The summed E-state index contributed by atoms with van der Waals surface area (Å²) >= 11 is 0. The number of esters is 4. The Kier molecular flexibility index (Phi) is 15.8. The second-order valence-corrected chi connectivity index (χ2v) is 23.3. The van der Waals surface area contributed by atoms with Crippen molar-refractivity contribution in [1.29, 1.82) is 0 Å². The first kappa shape index (κ1) is 62.2. The van der Waals surface area contributed by atoms with E-state index >= 15 is 28.8 Å². The Morgan fingerprint density at radius 3 is 0.820 bits per heavy atom. The maximum atomic E-state index is 16.2. The Balaban J connectivity index is 1.00. The minimum atomic E-state index is -1.90. The van der Waals surface area contributed by atoms with Gasteiger partial charge in [0.2, 0.25) is 0 Å². The zero-order valence-corrected chi connectivity index (χ0v) is 52.8. The van der Waals surface area contributed by atoms with E-state index in [1.165, 1.54) is 123 Å². The van der Waals surface area contributed by atoms with Crippen molar-refractivity contribution in [3.8, 4) is 69.0 Å². The SMILES string of the molecule is C=C(C)C(=O)Oc1ccc(OC(=O)C(c2ccco2)N2C(=O)c3cc(Oc4ccccc4)c4c5c(Oc6ccccc6)cc6c7c(cc(Oc8ccccc8)c(c8c(Oc9ccccc9)cc(c3c48)C2=O)c75)C(=O)N(C(C(=O)Oc2ccc(OC(=O)C(=C)C)cc2)c2ccco2)C6=O)cc1. The van der Waals surface area contributed by atoms with E-state index in [1.54, 1.807) is 121 Å². The van der Waals surface area contributed by atoms with Gasteiger partial charge in [0.25, 0.3) is 23.6 Å². The minimum Gasteiger partial charge on any atom is -0.466 e. The molecule has 0 saturated carbocycles. The van der Waals surface area contributed by atoms with Gasteiger partial charge in [0.1, 0.15) is 80.5 Å². The standard InChI is InChI=1S/C80H50N2O18/c1-43(2)77(87)97-49-29-33-51(34-30-49)99-79(89)71(57-27-17-37-91-57)81-73(83)53-39-59(93-45-19-9-5-10-20-45)65-67-61(95-47-23-13-7-14-24-47)41-55-64-56(76(86)82(75(55)85)72(58-28-18-38-92-58)80(90)100-52-35-31-50(32-36-52)98-78(88)44(3)4)42-62(96-48-25-15-8-16-26-48)68(70(64)67)66-60(94-46-21-11-6-12-22-46)40-54(74(81)84)63(53)69(65)66/h5-42,71-72H,1,3H2,2,4H3. The van der Waals surface area contributed by atoms with E-state index in [1.807, 2.05) is 0 Å². The number of nitrogens with zero attached hydrogens (tertiary/aromatic N) is 2. The van der Waals surface area contributed by atoms with Crippen molar-refractivity contribution in [2.45, 2.75) is 25.9 Å². The van der Waals surface area contributed by atoms with Gasteiger partial charge >= 0.3 is 23.9 Å². The molecule has 0 fully saturated rings. The zero-order valence-electron chi connectivity index (χ0n) is 52.8. The molecule has 20 nitrogen and oxygen atoms in total. The van der Waals surface area contributed by atoms with Crippen LogP contribution in [0.1, 0.15) is 78.9 Å². The van der Waals surface area contributed by atoms with Crippen molar-refractivity contribution >= 4 is 90.6 Å². The predicted molar refractivity (Wildman–Crippen MR) is 363 cm³/mol. The maximum Gasteiger partial charge on any atom is 0.342 e. The molecule has 0 spiro atoms. The first-order valence-corrected chi connectivity index (χ1v) is 31.1. The van der Waals surface area contributed by atoms with Crippen molar-refractivity contribution in [3.05, 3.63) is 289 Å². The fourth-order valence-corrected chi connectivity index (χ4v) is 12.3. The summed E-state index contributed by atoms with van der Waals surface area (Å²) < 4.78 is 62.5. The first-order valence-electron chi connectivity index (χ1n) is 31.1. The molecule has 0 radical (unpaired) electrons. The van der Waals surface area contributed by atoms with Crippen LogP contribution in [0.4, 0.5) is 0 Å². The molecule has 2 atom stereocenters. The van der Waals surface area contributed by atoms with Crippen LogP contribution in [-0.2, 0) is 19.2 Å². The van der Waals surface area contributed by atoms with Crippen molar-refractivity contribution in [1.82, 2.24) is 9.80 Å². The van der Waals surface area contributed by atoms with Crippen LogP contribution in [0.5, 0.6) is 69.0 Å². The van der Waals surface area contributed by atoms with Crippen molar-refractivity contribution in [2.24, 2.45) is 0 Å². The highest BCUT2D eigenvalue weighted by molar-refractivity contribution is 6.45. The molecule has 0 N–H and O–H groups in total. The summed E-state index contributed by atoms with van der Waals surface area (Å²) in [5.41, 5.74) is -0.296. The number of hydrogen-bond acceptors (Lipinski definition) is 18. The lowest BCUT2D eigenvalue weighted by atomic mass is 9.80. The molecule has 2 aliphatic heterocycles. The molecule has 11 aromatic carbocycles. The minimum absolute atomic E-state index is 0.0301. The largest absolute Gasteiger partial charge is 0.466 e. The number of carbonyl (C=O) groups excluding carboxylic acids is 8. The van der Waals surface area contributed by atoms with E-state index in [0.717, 1.165) is 9.80 Å². The Hall–Kier alpha value is -13.9. The van der Waals surface area contributed by atoms with Crippen molar-refractivity contribution in [2.75, 3.05) is 0 Å². The van der Waals surface area contributed by atoms with Crippen LogP contribution in [0.3, 0.4) is 0 Å². The third-order valence-corrected chi connectivity index (χ3v) is 16.6. The van der Waals surface area contributed by atoms with Gasteiger partial charge in [-0.3, -0.25) is 29.0 Å². The summed E-state index contributed by atoms with van der Waals surface area (Å²) in [7, 11) is 0. The predicted octanol–water partition coefficient (Wildman–Crippen LogP) is 16.9. The third-order valence-electron chi connectivity index (χ3n) is 16.6. The van der Waals surface area contributed by atoms with Gasteiger partial charge in [0.15, 0.2) is 12.1 Å². The molecule has 2 unspecified atom stereocenters. The second-order valence-electron chi connectivity index (χ2n) is 23.3. The number of rotatable bonds is 20. The van der Waals surface area contributed by atoms with Crippen LogP contribution < -0.4 is 37.9 Å². The number of furan rings is 2. The molecule has 13 aromatic rings. The van der Waals surface area contributed by atoms with Gasteiger partial charge in [-0.15, -0.1) is 0 Å². The van der Waals surface area contributed by atoms with E-state index in [2.05, 4.69) is 13.2 Å². The van der Waals surface area contributed by atoms with Crippen LogP contribution in [0.2, 0.25) is 0 Å². The van der Waals surface area contributed by atoms with Crippen molar-refractivity contribution < 1.29 is 85.1 Å². The number of carbonyl (C=O) groups is 8. The molecule has 15 rings (SSSR count). The summed E-state index contributed by atoms with van der Waals surface area (Å²) in [6.45, 7) is 10.2. The average molecular weight is 1330 g/mol. The Labute approximate surface area is 566 Å². The Bertz CT molecular complexity index is 4970. The maximum absolute atomic E-state index is 16.2. The van der Waals surface area contributed by atoms with Gasteiger partial charge < -0.3 is 46.7 Å². The lowest BCUT2D eigenvalue weighted by molar-refractivity contribution is -0.140. The van der Waals surface area contributed by atoms with E-state index < -0.39 is 59.6 Å². The van der Waals surface area contributed by atoms with Crippen molar-refractivity contribution in [3.63, 3.8) is 0 Å². The fraction of sp³-hybridized carbons (Fsp3) is 0.0500. The monoisotopic (exact) mass is 1330 g/mol. The highest BCUT2D eigenvalue weighted by Crippen LogP contribution is 2.58. The number of hydrogen-bond donors (Lipinski definition) is 0. The number of imide groups is 2. The van der Waals surface area contributed by atoms with Gasteiger partial charge in [-0.25, -0.2) is 19.2 Å². The van der Waals surface area contributed by atoms with Crippen LogP contribution in [0.25, 0.3) is 43.1 Å². The second kappa shape index (κ2) is 25.4. The van der Waals surface area contributed by atoms with Gasteiger partial charge in [0, 0.05) is 54.2 Å². The molecule has 4 heterocycles. The molecule has 4 amide bonds. The number of para-hydroxylation sites is 4. The zero-order chi connectivity index (χ0) is 69.0. The molecular formula is C80H50N2O18. The number of benzene rings is 11. The summed E-state index contributed by atoms with van der Waals surface area (Å²) in [6, 6.07) is 53.3. The van der Waals surface area contributed by atoms with E-state index in [9.17, 15) is 9.59 Å². The lowest BCUT2D eigenvalue weighted by Crippen LogP contribution is -2.46. The van der Waals surface area contributed by atoms with E-state index in [4.69, 9.17) is 46.7 Å². The highest BCUT2D eigenvalue weighted by atomic mass is 16.6. The van der Waals surface area contributed by atoms with Crippen LogP contribution in [-0.4, -0.2) is 57.3 Å². The topological polar surface area (TPSA) is 243 Å². The molecule has 0 aliphatic carbocycles.